The first-order valence-electron chi connectivity index (χ1n) is 16.4. The zero-order chi connectivity index (χ0) is 34.2. The molecule has 2 aromatic rings. The minimum absolute atomic E-state index is 0.0751. The Kier molecular flexibility index (Phi) is 12.0. The number of carbonyl (C=O) groups is 4. The van der Waals surface area contributed by atoms with E-state index in [0.29, 0.717) is 42.6 Å². The number of ether oxygens (including phenoxy) is 3. The lowest BCUT2D eigenvalue weighted by Gasteiger charge is -2.27. The van der Waals surface area contributed by atoms with Gasteiger partial charge in [0.2, 0.25) is 17.7 Å². The molecule has 4 rings (SSSR count). The van der Waals surface area contributed by atoms with Crippen molar-refractivity contribution in [2.45, 2.75) is 109 Å². The number of ketones is 1. The number of epoxide rings is 1. The second-order valence-electron chi connectivity index (χ2n) is 13.6. The second kappa shape index (κ2) is 15.8. The normalized spacial score (nSPS) is 19.6. The molecule has 4 N–H and O–H groups in total. The highest BCUT2D eigenvalue weighted by molar-refractivity contribution is 5.98. The molecule has 1 aliphatic carbocycles. The van der Waals surface area contributed by atoms with E-state index in [1.807, 2.05) is 30.3 Å². The van der Waals surface area contributed by atoms with Crippen LogP contribution in [0.1, 0.15) is 77.3 Å². The number of rotatable bonds is 17. The minimum Gasteiger partial charge on any atom is -0.493 e. The first-order valence-corrected chi connectivity index (χ1v) is 16.4. The van der Waals surface area contributed by atoms with Crippen LogP contribution in [0.3, 0.4) is 0 Å². The topological polar surface area (TPSA) is 156 Å². The third-order valence-corrected chi connectivity index (χ3v) is 8.68. The predicted octanol–water partition coefficient (Wildman–Crippen LogP) is 3.39. The smallest absolute Gasteiger partial charge is 0.243 e. The Labute approximate surface area is 277 Å². The number of aliphatic hydroxyl groups is 1. The van der Waals surface area contributed by atoms with E-state index in [9.17, 15) is 24.3 Å². The summed E-state index contributed by atoms with van der Waals surface area (Å²) in [6, 6.07) is 12.1. The molecule has 11 nitrogen and oxygen atoms in total. The SMILES string of the molecule is COc1ccc(C[C@H](NC(=O)[C@@H](C)NC(=O)CC(C)(C)O)C(=O)N[C@@H](CC2CCCC2)C(=O)[C@]2(C)CO2)cc1OCc1ccccc1. The van der Waals surface area contributed by atoms with Crippen LogP contribution < -0.4 is 25.4 Å². The van der Waals surface area contributed by atoms with E-state index in [1.165, 1.54) is 20.8 Å². The van der Waals surface area contributed by atoms with Gasteiger partial charge in [0.15, 0.2) is 17.3 Å². The maximum absolute atomic E-state index is 14.0. The van der Waals surface area contributed by atoms with Crippen LogP contribution >= 0.6 is 0 Å². The van der Waals surface area contributed by atoms with E-state index in [-0.39, 0.29) is 18.6 Å². The van der Waals surface area contributed by atoms with Crippen LogP contribution in [0.2, 0.25) is 0 Å². The molecule has 1 saturated heterocycles. The van der Waals surface area contributed by atoms with Gasteiger partial charge in [-0.15, -0.1) is 0 Å². The van der Waals surface area contributed by atoms with Gasteiger partial charge >= 0.3 is 0 Å². The Morgan fingerprint density at radius 2 is 1.62 bits per heavy atom. The largest absolute Gasteiger partial charge is 0.493 e. The summed E-state index contributed by atoms with van der Waals surface area (Å²) in [6.45, 7) is 6.85. The summed E-state index contributed by atoms with van der Waals surface area (Å²) in [5, 5.41) is 18.3. The molecule has 11 heteroatoms. The van der Waals surface area contributed by atoms with E-state index in [1.54, 1.807) is 32.2 Å². The van der Waals surface area contributed by atoms with Gasteiger partial charge in [-0.3, -0.25) is 19.2 Å². The molecule has 256 valence electrons. The van der Waals surface area contributed by atoms with Crippen molar-refractivity contribution in [2.75, 3.05) is 13.7 Å². The fourth-order valence-electron chi connectivity index (χ4n) is 5.89. The van der Waals surface area contributed by atoms with Gasteiger partial charge in [0.05, 0.1) is 31.8 Å². The van der Waals surface area contributed by atoms with E-state index in [4.69, 9.17) is 14.2 Å². The van der Waals surface area contributed by atoms with Crippen LogP contribution in [0, 0.1) is 5.92 Å². The molecule has 1 aliphatic heterocycles. The number of benzene rings is 2. The van der Waals surface area contributed by atoms with Crippen molar-refractivity contribution in [3.8, 4) is 11.5 Å². The Bertz CT molecular complexity index is 1400. The number of hydrogen-bond acceptors (Lipinski definition) is 8. The van der Waals surface area contributed by atoms with Gasteiger partial charge in [-0.1, -0.05) is 62.1 Å². The highest BCUT2D eigenvalue weighted by Crippen LogP contribution is 2.34. The van der Waals surface area contributed by atoms with Crippen LogP contribution in [0.5, 0.6) is 11.5 Å². The number of hydrogen-bond donors (Lipinski definition) is 4. The molecule has 0 radical (unpaired) electrons. The molecule has 2 aliphatic rings. The van der Waals surface area contributed by atoms with Crippen molar-refractivity contribution in [2.24, 2.45) is 5.92 Å². The molecule has 0 spiro atoms. The van der Waals surface area contributed by atoms with E-state index in [2.05, 4.69) is 16.0 Å². The number of methoxy groups -OCH3 is 1. The number of Topliss-reactive ketones (excluding diaryl/α,β-unsaturated/α-hetero) is 1. The third-order valence-electron chi connectivity index (χ3n) is 8.68. The van der Waals surface area contributed by atoms with Gasteiger partial charge < -0.3 is 35.3 Å². The lowest BCUT2D eigenvalue weighted by molar-refractivity contribution is -0.134. The summed E-state index contributed by atoms with van der Waals surface area (Å²) >= 11 is 0. The van der Waals surface area contributed by atoms with Crippen molar-refractivity contribution in [3.63, 3.8) is 0 Å². The molecule has 1 saturated carbocycles. The Morgan fingerprint density at radius 3 is 2.23 bits per heavy atom. The Hall–Kier alpha value is -3.96. The van der Waals surface area contributed by atoms with Crippen molar-refractivity contribution < 1.29 is 38.5 Å². The molecular formula is C36H49N3O8. The average molecular weight is 652 g/mol. The molecule has 0 aromatic heterocycles. The third kappa shape index (κ3) is 10.8. The summed E-state index contributed by atoms with van der Waals surface area (Å²) in [4.78, 5) is 53.2. The van der Waals surface area contributed by atoms with Crippen LogP contribution in [0.25, 0.3) is 0 Å². The Balaban J connectivity index is 1.54. The summed E-state index contributed by atoms with van der Waals surface area (Å²) in [5.74, 6) is -0.474. The Morgan fingerprint density at radius 1 is 0.957 bits per heavy atom. The zero-order valence-corrected chi connectivity index (χ0v) is 28.1. The highest BCUT2D eigenvalue weighted by atomic mass is 16.6. The van der Waals surface area contributed by atoms with Crippen LogP contribution in [-0.2, 0) is 36.9 Å². The van der Waals surface area contributed by atoms with Gasteiger partial charge in [0.25, 0.3) is 0 Å². The van der Waals surface area contributed by atoms with Crippen molar-refractivity contribution in [1.82, 2.24) is 16.0 Å². The molecule has 3 amide bonds. The predicted molar refractivity (Wildman–Crippen MR) is 176 cm³/mol. The molecule has 0 unspecified atom stereocenters. The first kappa shape index (κ1) is 35.9. The summed E-state index contributed by atoms with van der Waals surface area (Å²) < 4.78 is 17.0. The molecular weight excluding hydrogens is 602 g/mol. The highest BCUT2D eigenvalue weighted by Gasteiger charge is 2.50. The molecule has 2 fully saturated rings. The average Bonchev–Trinajstić information content (AvgIpc) is 3.56. The number of carbonyl (C=O) groups excluding carboxylic acids is 4. The lowest BCUT2D eigenvalue weighted by atomic mass is 9.90. The molecule has 4 atom stereocenters. The van der Waals surface area contributed by atoms with Crippen LogP contribution in [0.15, 0.2) is 48.5 Å². The molecule has 2 aromatic carbocycles. The van der Waals surface area contributed by atoms with Gasteiger partial charge in [0, 0.05) is 6.42 Å². The quantitative estimate of drug-likeness (QED) is 0.190. The molecule has 1 heterocycles. The fraction of sp³-hybridized carbons (Fsp3) is 0.556. The minimum atomic E-state index is -1.25. The van der Waals surface area contributed by atoms with Crippen LogP contribution in [0.4, 0.5) is 0 Å². The van der Waals surface area contributed by atoms with E-state index in [0.717, 1.165) is 31.2 Å². The first-order chi connectivity index (χ1) is 22.3. The van der Waals surface area contributed by atoms with Gasteiger partial charge in [-0.2, -0.15) is 0 Å². The number of nitrogens with one attached hydrogen (secondary N) is 3. The van der Waals surface area contributed by atoms with Crippen molar-refractivity contribution >= 4 is 23.5 Å². The van der Waals surface area contributed by atoms with Gasteiger partial charge in [0.1, 0.15) is 24.3 Å². The van der Waals surface area contributed by atoms with Crippen LogP contribution in [-0.4, -0.2) is 71.7 Å². The standard InChI is InChI=1S/C36H49N3O8/c1-23(37-31(40)20-35(2,3)44)33(42)39-28(34(43)38-27(17-24-11-9-10-12-24)32(41)36(4)22-47-36)18-26-15-16-29(45-5)30(19-26)46-21-25-13-7-6-8-14-25/h6-8,13-16,19,23-24,27-28,44H,9-12,17-18,20-22H2,1-5H3,(H,37,40)(H,38,43)(H,39,42)/t23-,27+,28+,36+/m1/s1. The van der Waals surface area contributed by atoms with Gasteiger partial charge in [-0.25, -0.2) is 0 Å². The van der Waals surface area contributed by atoms with E-state index < -0.39 is 47.0 Å². The maximum Gasteiger partial charge on any atom is 0.243 e. The summed E-state index contributed by atoms with van der Waals surface area (Å²) in [6.07, 6.45) is 4.56. The number of amides is 3. The van der Waals surface area contributed by atoms with Crippen molar-refractivity contribution in [3.05, 3.63) is 59.7 Å². The summed E-state index contributed by atoms with van der Waals surface area (Å²) in [5.41, 5.74) is -0.518. The zero-order valence-electron chi connectivity index (χ0n) is 28.1. The molecule has 0 bridgehead atoms. The molecule has 47 heavy (non-hydrogen) atoms. The second-order valence-corrected chi connectivity index (χ2v) is 13.6. The lowest BCUT2D eigenvalue weighted by Crippen LogP contribution is -2.57. The monoisotopic (exact) mass is 651 g/mol. The maximum atomic E-state index is 14.0. The fourth-order valence-corrected chi connectivity index (χ4v) is 5.89. The van der Waals surface area contributed by atoms with Gasteiger partial charge in [-0.05, 0) is 63.3 Å². The van der Waals surface area contributed by atoms with Crippen molar-refractivity contribution in [1.29, 1.82) is 0 Å². The van der Waals surface area contributed by atoms with E-state index >= 15 is 0 Å². The summed E-state index contributed by atoms with van der Waals surface area (Å²) in [7, 11) is 1.54.